The maximum atomic E-state index is 5.90. The molecule has 3 rings (SSSR count). The molecular weight excluding hydrogens is 276 g/mol. The molecule has 0 amide bonds. The maximum absolute atomic E-state index is 5.90. The zero-order valence-corrected chi connectivity index (χ0v) is 11.7. The van der Waals surface area contributed by atoms with Gasteiger partial charge in [0.25, 0.3) is 0 Å². The topological polar surface area (TPSA) is 58.0 Å². The van der Waals surface area contributed by atoms with Crippen LogP contribution in [0, 0.1) is 0 Å². The molecule has 0 unspecified atom stereocenters. The maximum Gasteiger partial charge on any atom is 0.225 e. The number of hydrogen-bond acceptors (Lipinski definition) is 6. The van der Waals surface area contributed by atoms with Crippen LogP contribution in [-0.2, 0) is 0 Å². The number of nitrogens with zero attached hydrogens (tertiary/aromatic N) is 6. The summed E-state index contributed by atoms with van der Waals surface area (Å²) in [5.74, 6) is 1.61. The first-order chi connectivity index (χ1) is 9.83. The normalized spacial score (nSPS) is 16.1. The fourth-order valence-electron chi connectivity index (χ4n) is 2.29. The molecule has 0 radical (unpaired) electrons. The minimum absolute atomic E-state index is 0.426. The summed E-state index contributed by atoms with van der Waals surface area (Å²) < 4.78 is 0. The van der Waals surface area contributed by atoms with Crippen molar-refractivity contribution in [2.75, 3.05) is 36.0 Å². The van der Waals surface area contributed by atoms with Crippen molar-refractivity contribution in [3.05, 3.63) is 36.0 Å². The highest BCUT2D eigenvalue weighted by Gasteiger charge is 2.17. The molecule has 3 heterocycles. The largest absolute Gasteiger partial charge is 0.353 e. The van der Waals surface area contributed by atoms with Gasteiger partial charge >= 0.3 is 0 Å². The summed E-state index contributed by atoms with van der Waals surface area (Å²) in [6.45, 7) is 3.58. The molecule has 0 aromatic carbocycles. The first kappa shape index (κ1) is 13.1. The fourth-order valence-corrected chi connectivity index (χ4v) is 2.43. The van der Waals surface area contributed by atoms with E-state index < -0.39 is 0 Å². The minimum atomic E-state index is 0.426. The fraction of sp³-hybridized carbons (Fsp3) is 0.385. The third-order valence-electron chi connectivity index (χ3n) is 3.25. The van der Waals surface area contributed by atoms with E-state index >= 15 is 0 Å². The van der Waals surface area contributed by atoms with Gasteiger partial charge in [0.05, 0.1) is 12.4 Å². The second-order valence-electron chi connectivity index (χ2n) is 4.58. The number of halogens is 1. The highest BCUT2D eigenvalue weighted by molar-refractivity contribution is 6.29. The molecule has 20 heavy (non-hydrogen) atoms. The summed E-state index contributed by atoms with van der Waals surface area (Å²) in [7, 11) is 0. The van der Waals surface area contributed by atoms with E-state index in [0.29, 0.717) is 5.15 Å². The van der Waals surface area contributed by atoms with Gasteiger partial charge in [-0.3, -0.25) is 4.98 Å². The van der Waals surface area contributed by atoms with Crippen molar-refractivity contribution in [1.82, 2.24) is 19.9 Å². The number of anilines is 2. The van der Waals surface area contributed by atoms with Crippen molar-refractivity contribution < 1.29 is 0 Å². The van der Waals surface area contributed by atoms with Gasteiger partial charge in [-0.2, -0.15) is 0 Å². The zero-order chi connectivity index (χ0) is 13.8. The molecule has 7 heteroatoms. The summed E-state index contributed by atoms with van der Waals surface area (Å²) in [5.41, 5.74) is 0. The Kier molecular flexibility index (Phi) is 3.92. The van der Waals surface area contributed by atoms with Gasteiger partial charge in [-0.15, -0.1) is 0 Å². The van der Waals surface area contributed by atoms with Gasteiger partial charge < -0.3 is 9.80 Å². The van der Waals surface area contributed by atoms with Crippen LogP contribution < -0.4 is 9.80 Å². The van der Waals surface area contributed by atoms with E-state index in [1.54, 1.807) is 24.8 Å². The molecule has 6 nitrogen and oxygen atoms in total. The molecule has 2 aromatic rings. The lowest BCUT2D eigenvalue weighted by atomic mass is 10.4. The highest BCUT2D eigenvalue weighted by Crippen LogP contribution is 2.16. The second kappa shape index (κ2) is 6.00. The summed E-state index contributed by atoms with van der Waals surface area (Å²) in [6.07, 6.45) is 7.86. The molecule has 1 saturated heterocycles. The lowest BCUT2D eigenvalue weighted by molar-refractivity contribution is 0.781. The molecule has 1 aliphatic rings. The van der Waals surface area contributed by atoms with Crippen molar-refractivity contribution in [2.45, 2.75) is 6.42 Å². The van der Waals surface area contributed by atoms with Crippen LogP contribution in [-0.4, -0.2) is 46.1 Å². The van der Waals surface area contributed by atoms with Crippen molar-refractivity contribution in [3.63, 3.8) is 0 Å². The molecule has 1 aliphatic heterocycles. The predicted molar refractivity (Wildman–Crippen MR) is 78.1 cm³/mol. The van der Waals surface area contributed by atoms with E-state index in [0.717, 1.165) is 44.4 Å². The van der Waals surface area contributed by atoms with Crippen molar-refractivity contribution >= 4 is 23.4 Å². The predicted octanol–water partition coefficient (Wildman–Crippen LogP) is 1.64. The number of aromatic nitrogens is 4. The molecule has 0 bridgehead atoms. The van der Waals surface area contributed by atoms with Gasteiger partial charge in [0.1, 0.15) is 11.0 Å². The van der Waals surface area contributed by atoms with Gasteiger partial charge in [0, 0.05) is 38.6 Å². The Morgan fingerprint density at radius 1 is 0.950 bits per heavy atom. The summed E-state index contributed by atoms with van der Waals surface area (Å²) in [6, 6.07) is 1.83. The van der Waals surface area contributed by atoms with Gasteiger partial charge in [-0.1, -0.05) is 11.6 Å². The van der Waals surface area contributed by atoms with Crippen molar-refractivity contribution in [3.8, 4) is 0 Å². The molecule has 0 N–H and O–H groups in total. The monoisotopic (exact) mass is 290 g/mol. The Bertz CT molecular complexity index is 564. The van der Waals surface area contributed by atoms with E-state index in [1.165, 1.54) is 0 Å². The third kappa shape index (κ3) is 2.96. The average molecular weight is 291 g/mol. The molecule has 0 aliphatic carbocycles. The van der Waals surface area contributed by atoms with E-state index in [9.17, 15) is 0 Å². The van der Waals surface area contributed by atoms with Crippen LogP contribution in [0.5, 0.6) is 0 Å². The second-order valence-corrected chi connectivity index (χ2v) is 4.96. The van der Waals surface area contributed by atoms with E-state index in [4.69, 9.17) is 11.6 Å². The van der Waals surface area contributed by atoms with E-state index in [-0.39, 0.29) is 0 Å². The summed E-state index contributed by atoms with van der Waals surface area (Å²) in [5, 5.41) is 0.426. The number of hydrogen-bond donors (Lipinski definition) is 0. The van der Waals surface area contributed by atoms with Crippen LogP contribution in [0.3, 0.4) is 0 Å². The standard InChI is InChI=1S/C13H15ClN6/c14-11-9-15-10-12(18-11)19-5-2-6-20(8-7-19)13-16-3-1-4-17-13/h1,3-4,9-10H,2,5-8H2. The Balaban J connectivity index is 1.71. The van der Waals surface area contributed by atoms with Crippen LogP contribution in [0.25, 0.3) is 0 Å². The number of rotatable bonds is 2. The van der Waals surface area contributed by atoms with Crippen LogP contribution in [0.15, 0.2) is 30.9 Å². The molecule has 0 spiro atoms. The summed E-state index contributed by atoms with van der Waals surface area (Å²) in [4.78, 5) is 21.4. The SMILES string of the molecule is Clc1cncc(N2CCCN(c3ncccn3)CC2)n1. The smallest absolute Gasteiger partial charge is 0.225 e. The first-order valence-electron chi connectivity index (χ1n) is 6.57. The van der Waals surface area contributed by atoms with Gasteiger partial charge in [-0.25, -0.2) is 15.0 Å². The highest BCUT2D eigenvalue weighted by atomic mass is 35.5. The van der Waals surface area contributed by atoms with Crippen molar-refractivity contribution in [1.29, 1.82) is 0 Å². The van der Waals surface area contributed by atoms with E-state index in [2.05, 4.69) is 29.7 Å². The van der Waals surface area contributed by atoms with Crippen LogP contribution in [0.4, 0.5) is 11.8 Å². The lowest BCUT2D eigenvalue weighted by Crippen LogP contribution is -2.32. The molecule has 0 saturated carbocycles. The third-order valence-corrected chi connectivity index (χ3v) is 3.43. The molecule has 0 atom stereocenters. The Hall–Kier alpha value is -1.95. The average Bonchev–Trinajstić information content (AvgIpc) is 2.74. The molecule has 104 valence electrons. The van der Waals surface area contributed by atoms with Crippen molar-refractivity contribution in [2.24, 2.45) is 0 Å². The van der Waals surface area contributed by atoms with Crippen LogP contribution in [0.1, 0.15) is 6.42 Å². The molecular formula is C13H15ClN6. The lowest BCUT2D eigenvalue weighted by Gasteiger charge is -2.22. The summed E-state index contributed by atoms with van der Waals surface area (Å²) >= 11 is 5.90. The Morgan fingerprint density at radius 2 is 1.70 bits per heavy atom. The van der Waals surface area contributed by atoms with E-state index in [1.807, 2.05) is 6.07 Å². The quantitative estimate of drug-likeness (QED) is 0.838. The van der Waals surface area contributed by atoms with Gasteiger partial charge in [0.15, 0.2) is 0 Å². The molecule has 2 aromatic heterocycles. The van der Waals surface area contributed by atoms with Crippen LogP contribution >= 0.6 is 11.6 Å². The Morgan fingerprint density at radius 3 is 2.50 bits per heavy atom. The van der Waals surface area contributed by atoms with Gasteiger partial charge in [0.2, 0.25) is 5.95 Å². The Labute approximate surface area is 122 Å². The minimum Gasteiger partial charge on any atom is -0.353 e. The first-order valence-corrected chi connectivity index (χ1v) is 6.95. The van der Waals surface area contributed by atoms with Crippen LogP contribution in [0.2, 0.25) is 5.15 Å². The van der Waals surface area contributed by atoms with Gasteiger partial charge in [-0.05, 0) is 12.5 Å². The zero-order valence-electron chi connectivity index (χ0n) is 11.0. The molecule has 1 fully saturated rings.